The predicted molar refractivity (Wildman–Crippen MR) is 60.9 cm³/mol. The van der Waals surface area contributed by atoms with Crippen LogP contribution in [0.3, 0.4) is 0 Å². The Morgan fingerprint density at radius 3 is 2.56 bits per heavy atom. The molecule has 1 amide bonds. The Hall–Kier alpha value is -1.84. The van der Waals surface area contributed by atoms with Gasteiger partial charge >= 0.3 is 5.97 Å². The summed E-state index contributed by atoms with van der Waals surface area (Å²) in [5.41, 5.74) is 1.55. The third-order valence-corrected chi connectivity index (χ3v) is 2.02. The van der Waals surface area contributed by atoms with Gasteiger partial charge in [0.25, 0.3) is 0 Å². The monoisotopic (exact) mass is 221 g/mol. The van der Waals surface area contributed by atoms with Gasteiger partial charge in [0.05, 0.1) is 0 Å². The molecule has 0 aliphatic rings. The first kappa shape index (κ1) is 12.2. The average molecular weight is 221 g/mol. The van der Waals surface area contributed by atoms with Gasteiger partial charge in [-0.1, -0.05) is 12.1 Å². The summed E-state index contributed by atoms with van der Waals surface area (Å²) in [4.78, 5) is 21.7. The maximum absolute atomic E-state index is 10.9. The maximum Gasteiger partial charge on any atom is 0.303 e. The molecule has 1 rings (SSSR count). The van der Waals surface area contributed by atoms with Crippen molar-refractivity contribution in [3.05, 3.63) is 29.8 Å². The van der Waals surface area contributed by atoms with Gasteiger partial charge in [-0.15, -0.1) is 0 Å². The topological polar surface area (TPSA) is 55.4 Å². The third-order valence-electron chi connectivity index (χ3n) is 2.02. The molecule has 0 aliphatic heterocycles. The van der Waals surface area contributed by atoms with Crippen molar-refractivity contribution < 1.29 is 14.3 Å². The molecule has 0 radical (unpaired) electrons. The fourth-order valence-corrected chi connectivity index (χ4v) is 1.39. The fraction of sp³-hybridized carbons (Fsp3) is 0.333. The lowest BCUT2D eigenvalue weighted by Gasteiger charge is -2.13. The second-order valence-electron chi connectivity index (χ2n) is 3.56. The van der Waals surface area contributed by atoms with Crippen LogP contribution in [0.1, 0.15) is 32.4 Å². The van der Waals surface area contributed by atoms with Crippen LogP contribution < -0.4 is 5.32 Å². The summed E-state index contributed by atoms with van der Waals surface area (Å²) in [5, 5.41) is 2.67. The summed E-state index contributed by atoms with van der Waals surface area (Å²) in [6.45, 7) is 4.60. The first-order valence-corrected chi connectivity index (χ1v) is 5.04. The quantitative estimate of drug-likeness (QED) is 0.796. The van der Waals surface area contributed by atoms with E-state index in [1.54, 1.807) is 25.1 Å². The van der Waals surface area contributed by atoms with Crippen molar-refractivity contribution in [1.29, 1.82) is 0 Å². The molecule has 86 valence electrons. The molecule has 4 heteroatoms. The van der Waals surface area contributed by atoms with E-state index in [1.807, 2.05) is 6.07 Å². The molecule has 0 fully saturated rings. The molecule has 0 bridgehead atoms. The number of amides is 1. The van der Waals surface area contributed by atoms with Crippen LogP contribution in [0.15, 0.2) is 24.3 Å². The van der Waals surface area contributed by atoms with Crippen LogP contribution >= 0.6 is 0 Å². The Kier molecular flexibility index (Phi) is 4.05. The standard InChI is InChI=1S/C12H15NO3/c1-8(16-10(3)15)11-5-4-6-12(7-11)13-9(2)14/h4-8H,1-3H3,(H,13,14). The van der Waals surface area contributed by atoms with Crippen molar-refractivity contribution in [2.45, 2.75) is 26.9 Å². The summed E-state index contributed by atoms with van der Waals surface area (Å²) in [6, 6.07) is 7.22. The lowest BCUT2D eigenvalue weighted by atomic mass is 10.1. The minimum absolute atomic E-state index is 0.128. The van der Waals surface area contributed by atoms with E-state index in [2.05, 4.69) is 5.32 Å². The van der Waals surface area contributed by atoms with E-state index in [1.165, 1.54) is 13.8 Å². The number of carbonyl (C=O) groups excluding carboxylic acids is 2. The SMILES string of the molecule is CC(=O)Nc1cccc(C(C)OC(C)=O)c1. The number of ether oxygens (including phenoxy) is 1. The zero-order valence-electron chi connectivity index (χ0n) is 9.61. The Morgan fingerprint density at radius 1 is 1.31 bits per heavy atom. The molecule has 0 aliphatic carbocycles. The minimum Gasteiger partial charge on any atom is -0.458 e. The Labute approximate surface area is 94.6 Å². The highest BCUT2D eigenvalue weighted by atomic mass is 16.5. The summed E-state index contributed by atoms with van der Waals surface area (Å²) in [5.74, 6) is -0.449. The molecule has 1 atom stereocenters. The highest BCUT2D eigenvalue weighted by molar-refractivity contribution is 5.88. The molecule has 4 nitrogen and oxygen atoms in total. The molecular formula is C12H15NO3. The van der Waals surface area contributed by atoms with E-state index < -0.39 is 0 Å². The van der Waals surface area contributed by atoms with Crippen molar-refractivity contribution in [2.24, 2.45) is 0 Å². The minimum atomic E-state index is -0.322. The summed E-state index contributed by atoms with van der Waals surface area (Å²) in [7, 11) is 0. The lowest BCUT2D eigenvalue weighted by Crippen LogP contribution is -2.08. The number of rotatable bonds is 3. The van der Waals surface area contributed by atoms with Crippen LogP contribution in [0.4, 0.5) is 5.69 Å². The second-order valence-corrected chi connectivity index (χ2v) is 3.56. The number of anilines is 1. The Morgan fingerprint density at radius 2 is 2.00 bits per heavy atom. The zero-order valence-corrected chi connectivity index (χ0v) is 9.61. The predicted octanol–water partition coefficient (Wildman–Crippen LogP) is 2.27. The van der Waals surface area contributed by atoms with Crippen molar-refractivity contribution in [3.63, 3.8) is 0 Å². The molecule has 1 aromatic rings. The van der Waals surface area contributed by atoms with Crippen molar-refractivity contribution in [2.75, 3.05) is 5.32 Å². The van der Waals surface area contributed by atoms with Crippen LogP contribution in [-0.2, 0) is 14.3 Å². The van der Waals surface area contributed by atoms with E-state index in [4.69, 9.17) is 4.74 Å². The van der Waals surface area contributed by atoms with Gasteiger partial charge in [-0.3, -0.25) is 9.59 Å². The fourth-order valence-electron chi connectivity index (χ4n) is 1.39. The highest BCUT2D eigenvalue weighted by Gasteiger charge is 2.08. The molecule has 0 spiro atoms. The smallest absolute Gasteiger partial charge is 0.303 e. The van der Waals surface area contributed by atoms with E-state index in [-0.39, 0.29) is 18.0 Å². The number of benzene rings is 1. The lowest BCUT2D eigenvalue weighted by molar-refractivity contribution is -0.145. The summed E-state index contributed by atoms with van der Waals surface area (Å²) in [6.07, 6.45) is -0.314. The number of esters is 1. The van der Waals surface area contributed by atoms with Gasteiger partial charge in [0, 0.05) is 19.5 Å². The van der Waals surface area contributed by atoms with Gasteiger partial charge in [-0.2, -0.15) is 0 Å². The number of hydrogen-bond acceptors (Lipinski definition) is 3. The number of hydrogen-bond donors (Lipinski definition) is 1. The summed E-state index contributed by atoms with van der Waals surface area (Å²) >= 11 is 0. The molecule has 16 heavy (non-hydrogen) atoms. The van der Waals surface area contributed by atoms with Crippen molar-refractivity contribution >= 4 is 17.6 Å². The van der Waals surface area contributed by atoms with Gasteiger partial charge in [-0.05, 0) is 24.6 Å². The van der Waals surface area contributed by atoms with Crippen LogP contribution in [0.2, 0.25) is 0 Å². The van der Waals surface area contributed by atoms with Gasteiger partial charge in [-0.25, -0.2) is 0 Å². The number of carbonyl (C=O) groups is 2. The molecule has 0 saturated heterocycles. The molecule has 0 aromatic heterocycles. The highest BCUT2D eigenvalue weighted by Crippen LogP contribution is 2.20. The molecule has 1 N–H and O–H groups in total. The average Bonchev–Trinajstić information content (AvgIpc) is 2.16. The molecule has 1 unspecified atom stereocenters. The van der Waals surface area contributed by atoms with Crippen molar-refractivity contribution in [3.8, 4) is 0 Å². The second kappa shape index (κ2) is 5.30. The normalized spacial score (nSPS) is 11.7. The van der Waals surface area contributed by atoms with E-state index >= 15 is 0 Å². The Balaban J connectivity index is 2.80. The van der Waals surface area contributed by atoms with E-state index in [0.717, 1.165) is 5.56 Å². The maximum atomic E-state index is 10.9. The molecular weight excluding hydrogens is 206 g/mol. The largest absolute Gasteiger partial charge is 0.458 e. The molecule has 1 aromatic carbocycles. The molecule has 0 heterocycles. The molecule has 0 saturated carbocycles. The van der Waals surface area contributed by atoms with Gasteiger partial charge < -0.3 is 10.1 Å². The van der Waals surface area contributed by atoms with E-state index in [9.17, 15) is 9.59 Å². The van der Waals surface area contributed by atoms with Crippen LogP contribution in [-0.4, -0.2) is 11.9 Å². The van der Waals surface area contributed by atoms with Gasteiger partial charge in [0.1, 0.15) is 6.10 Å². The first-order chi connectivity index (χ1) is 7.49. The third kappa shape index (κ3) is 3.73. The van der Waals surface area contributed by atoms with E-state index in [0.29, 0.717) is 5.69 Å². The van der Waals surface area contributed by atoms with Crippen LogP contribution in [0, 0.1) is 0 Å². The van der Waals surface area contributed by atoms with Crippen LogP contribution in [0.25, 0.3) is 0 Å². The first-order valence-electron chi connectivity index (χ1n) is 5.04. The summed E-state index contributed by atoms with van der Waals surface area (Å²) < 4.78 is 5.04. The zero-order chi connectivity index (χ0) is 12.1. The van der Waals surface area contributed by atoms with Crippen LogP contribution in [0.5, 0.6) is 0 Å². The Bertz CT molecular complexity index is 401. The van der Waals surface area contributed by atoms with Gasteiger partial charge in [0.2, 0.25) is 5.91 Å². The van der Waals surface area contributed by atoms with Gasteiger partial charge in [0.15, 0.2) is 0 Å². The number of nitrogens with one attached hydrogen (secondary N) is 1. The van der Waals surface area contributed by atoms with Crippen molar-refractivity contribution in [1.82, 2.24) is 0 Å².